The monoisotopic (exact) mass is 215 g/mol. The Balaban J connectivity index is 2.57. The van der Waals surface area contributed by atoms with Crippen LogP contribution in [0.2, 0.25) is 0 Å². The molecule has 0 aromatic heterocycles. The van der Waals surface area contributed by atoms with Crippen LogP contribution >= 0.6 is 0 Å². The molecule has 3 nitrogen and oxygen atoms in total. The Kier molecular flexibility index (Phi) is 4.56. The van der Waals surface area contributed by atoms with E-state index in [1.165, 1.54) is 12.8 Å². The molecule has 1 fully saturated rings. The van der Waals surface area contributed by atoms with Gasteiger partial charge >= 0.3 is 0 Å². The summed E-state index contributed by atoms with van der Waals surface area (Å²) < 4.78 is 5.79. The lowest BCUT2D eigenvalue weighted by Gasteiger charge is -2.44. The molecule has 0 aromatic carbocycles. The van der Waals surface area contributed by atoms with Crippen LogP contribution in [0.25, 0.3) is 0 Å². The maximum absolute atomic E-state index is 9.20. The molecule has 1 N–H and O–H groups in total. The molecular formula is C12H25NO2. The zero-order valence-corrected chi connectivity index (χ0v) is 10.5. The molecule has 0 amide bonds. The van der Waals surface area contributed by atoms with Crippen LogP contribution in [-0.2, 0) is 4.74 Å². The largest absolute Gasteiger partial charge is 0.394 e. The van der Waals surface area contributed by atoms with E-state index in [2.05, 4.69) is 32.6 Å². The van der Waals surface area contributed by atoms with Crippen LogP contribution in [0.3, 0.4) is 0 Å². The molecule has 0 aliphatic carbocycles. The summed E-state index contributed by atoms with van der Waals surface area (Å²) in [6.45, 7) is 10.6. The summed E-state index contributed by atoms with van der Waals surface area (Å²) in [7, 11) is 0. The highest BCUT2D eigenvalue weighted by molar-refractivity contribution is 4.86. The molecule has 0 aromatic rings. The van der Waals surface area contributed by atoms with E-state index in [-0.39, 0.29) is 18.3 Å². The van der Waals surface area contributed by atoms with Crippen molar-refractivity contribution in [1.29, 1.82) is 0 Å². The summed E-state index contributed by atoms with van der Waals surface area (Å²) in [6, 6.07) is 0.590. The van der Waals surface area contributed by atoms with Crippen molar-refractivity contribution >= 4 is 0 Å². The predicted octanol–water partition coefficient (Wildman–Crippen LogP) is 1.65. The second-order valence-electron chi connectivity index (χ2n) is 5.25. The van der Waals surface area contributed by atoms with Crippen molar-refractivity contribution in [3.63, 3.8) is 0 Å². The topological polar surface area (TPSA) is 32.7 Å². The SMILES string of the molecule is CCCC(C)N1CC(CO)OC(C)(C)C1. The lowest BCUT2D eigenvalue weighted by atomic mass is 10.0. The fourth-order valence-corrected chi connectivity index (χ4v) is 2.37. The molecule has 3 heteroatoms. The third-order valence-electron chi connectivity index (χ3n) is 3.04. The van der Waals surface area contributed by atoms with Gasteiger partial charge in [0.2, 0.25) is 0 Å². The Morgan fingerprint density at radius 3 is 2.73 bits per heavy atom. The summed E-state index contributed by atoms with van der Waals surface area (Å²) in [4.78, 5) is 2.44. The normalized spacial score (nSPS) is 29.0. The average molecular weight is 215 g/mol. The van der Waals surface area contributed by atoms with Crippen LogP contribution in [0.15, 0.2) is 0 Å². The second kappa shape index (κ2) is 5.28. The standard InChI is InChI=1S/C12H25NO2/c1-5-6-10(2)13-7-11(8-14)15-12(3,4)9-13/h10-11,14H,5-9H2,1-4H3. The van der Waals surface area contributed by atoms with Gasteiger partial charge in [0, 0.05) is 19.1 Å². The maximum Gasteiger partial charge on any atom is 0.0940 e. The number of rotatable bonds is 4. The molecular weight excluding hydrogens is 190 g/mol. The molecule has 1 rings (SSSR count). The molecule has 90 valence electrons. The smallest absolute Gasteiger partial charge is 0.0940 e. The maximum atomic E-state index is 9.20. The highest BCUT2D eigenvalue weighted by Crippen LogP contribution is 2.23. The van der Waals surface area contributed by atoms with Gasteiger partial charge in [-0.05, 0) is 27.2 Å². The molecule has 2 atom stereocenters. The van der Waals surface area contributed by atoms with E-state index in [1.807, 2.05) is 0 Å². The summed E-state index contributed by atoms with van der Waals surface area (Å²) in [5.74, 6) is 0. The number of aliphatic hydroxyl groups is 1. The lowest BCUT2D eigenvalue weighted by molar-refractivity contribution is -0.156. The first-order chi connectivity index (χ1) is 6.98. The van der Waals surface area contributed by atoms with Gasteiger partial charge in [0.25, 0.3) is 0 Å². The first-order valence-electron chi connectivity index (χ1n) is 6.01. The van der Waals surface area contributed by atoms with E-state index >= 15 is 0 Å². The molecule has 1 heterocycles. The number of ether oxygens (including phenoxy) is 1. The third-order valence-corrected chi connectivity index (χ3v) is 3.04. The fraction of sp³-hybridized carbons (Fsp3) is 1.00. The molecule has 1 aliphatic rings. The minimum absolute atomic E-state index is 0.0203. The molecule has 0 bridgehead atoms. The molecule has 0 saturated carbocycles. The molecule has 15 heavy (non-hydrogen) atoms. The Hall–Kier alpha value is -0.120. The van der Waals surface area contributed by atoms with Gasteiger partial charge in [-0.1, -0.05) is 13.3 Å². The molecule has 0 spiro atoms. The van der Waals surface area contributed by atoms with Crippen molar-refractivity contribution in [3.05, 3.63) is 0 Å². The van der Waals surface area contributed by atoms with Crippen molar-refractivity contribution in [2.24, 2.45) is 0 Å². The van der Waals surface area contributed by atoms with Gasteiger partial charge in [0.1, 0.15) is 0 Å². The molecule has 2 unspecified atom stereocenters. The molecule has 0 radical (unpaired) electrons. The minimum atomic E-state index is -0.131. The van der Waals surface area contributed by atoms with Crippen LogP contribution in [0.1, 0.15) is 40.5 Å². The van der Waals surface area contributed by atoms with E-state index in [4.69, 9.17) is 4.74 Å². The van der Waals surface area contributed by atoms with Crippen molar-refractivity contribution in [1.82, 2.24) is 4.90 Å². The first-order valence-corrected chi connectivity index (χ1v) is 6.01. The van der Waals surface area contributed by atoms with Crippen molar-refractivity contribution in [2.75, 3.05) is 19.7 Å². The predicted molar refractivity (Wildman–Crippen MR) is 62.0 cm³/mol. The minimum Gasteiger partial charge on any atom is -0.394 e. The summed E-state index contributed by atoms with van der Waals surface area (Å²) in [6.07, 6.45) is 2.41. The van der Waals surface area contributed by atoms with Crippen LogP contribution in [0.4, 0.5) is 0 Å². The summed E-state index contributed by atoms with van der Waals surface area (Å²) >= 11 is 0. The summed E-state index contributed by atoms with van der Waals surface area (Å²) in [5.41, 5.74) is -0.131. The first kappa shape index (κ1) is 12.9. The van der Waals surface area contributed by atoms with Gasteiger partial charge in [0.15, 0.2) is 0 Å². The van der Waals surface area contributed by atoms with Gasteiger partial charge in [0.05, 0.1) is 18.3 Å². The van der Waals surface area contributed by atoms with E-state index in [0.717, 1.165) is 13.1 Å². The van der Waals surface area contributed by atoms with Crippen molar-refractivity contribution in [3.8, 4) is 0 Å². The quantitative estimate of drug-likeness (QED) is 0.774. The van der Waals surface area contributed by atoms with E-state index in [1.54, 1.807) is 0 Å². The van der Waals surface area contributed by atoms with Gasteiger partial charge in [-0.3, -0.25) is 4.90 Å². The number of nitrogens with zero attached hydrogens (tertiary/aromatic N) is 1. The van der Waals surface area contributed by atoms with Crippen LogP contribution in [-0.4, -0.2) is 47.4 Å². The van der Waals surface area contributed by atoms with Gasteiger partial charge in [-0.15, -0.1) is 0 Å². The van der Waals surface area contributed by atoms with Crippen LogP contribution < -0.4 is 0 Å². The van der Waals surface area contributed by atoms with Crippen molar-refractivity contribution < 1.29 is 9.84 Å². The van der Waals surface area contributed by atoms with E-state index in [9.17, 15) is 5.11 Å². The second-order valence-corrected chi connectivity index (χ2v) is 5.25. The lowest BCUT2D eigenvalue weighted by Crippen LogP contribution is -2.56. The number of hydrogen-bond acceptors (Lipinski definition) is 3. The Morgan fingerprint density at radius 1 is 1.53 bits per heavy atom. The van der Waals surface area contributed by atoms with Gasteiger partial charge in [-0.2, -0.15) is 0 Å². The Labute approximate surface area is 93.4 Å². The van der Waals surface area contributed by atoms with E-state index in [0.29, 0.717) is 6.04 Å². The van der Waals surface area contributed by atoms with Gasteiger partial charge < -0.3 is 9.84 Å². The average Bonchev–Trinajstić information content (AvgIpc) is 2.15. The van der Waals surface area contributed by atoms with Gasteiger partial charge in [-0.25, -0.2) is 0 Å². The zero-order chi connectivity index (χ0) is 11.5. The Bertz CT molecular complexity index is 194. The number of hydrogen-bond donors (Lipinski definition) is 1. The Morgan fingerprint density at radius 2 is 2.20 bits per heavy atom. The van der Waals surface area contributed by atoms with Crippen molar-refractivity contribution in [2.45, 2.75) is 58.3 Å². The van der Waals surface area contributed by atoms with Crippen LogP contribution in [0, 0.1) is 0 Å². The van der Waals surface area contributed by atoms with Crippen LogP contribution in [0.5, 0.6) is 0 Å². The fourth-order valence-electron chi connectivity index (χ4n) is 2.37. The zero-order valence-electron chi connectivity index (χ0n) is 10.5. The summed E-state index contributed by atoms with van der Waals surface area (Å²) in [5, 5.41) is 9.20. The third kappa shape index (κ3) is 3.74. The molecule has 1 aliphatic heterocycles. The molecule has 1 saturated heterocycles. The highest BCUT2D eigenvalue weighted by Gasteiger charge is 2.34. The number of morpholine rings is 1. The number of aliphatic hydroxyl groups excluding tert-OH is 1. The highest BCUT2D eigenvalue weighted by atomic mass is 16.5. The van der Waals surface area contributed by atoms with E-state index < -0.39 is 0 Å².